The van der Waals surface area contributed by atoms with Gasteiger partial charge in [0.1, 0.15) is 11.6 Å². The van der Waals surface area contributed by atoms with Gasteiger partial charge in [0.15, 0.2) is 0 Å². The minimum absolute atomic E-state index is 0.327. The lowest BCUT2D eigenvalue weighted by Gasteiger charge is -2.21. The van der Waals surface area contributed by atoms with Crippen molar-refractivity contribution in [3.05, 3.63) is 113 Å². The molecule has 202 valence electrons. The van der Waals surface area contributed by atoms with Gasteiger partial charge in [-0.1, -0.05) is 84.4 Å². The molecule has 0 amide bonds. The summed E-state index contributed by atoms with van der Waals surface area (Å²) in [6.07, 6.45) is 1.97. The Bertz CT molecular complexity index is 1360. The Hall–Kier alpha value is -3.58. The first-order valence-corrected chi connectivity index (χ1v) is 13.8. The van der Waals surface area contributed by atoms with Crippen LogP contribution < -0.4 is 5.32 Å². The molecule has 0 radical (unpaired) electrons. The summed E-state index contributed by atoms with van der Waals surface area (Å²) in [6.45, 7) is 5.21. The summed E-state index contributed by atoms with van der Waals surface area (Å²) in [5.41, 5.74) is 8.40. The first-order valence-electron chi connectivity index (χ1n) is 13.8. The van der Waals surface area contributed by atoms with Crippen LogP contribution in [-0.2, 0) is 24.2 Å². The molecule has 0 bridgehead atoms. The number of aryl methyl sites for hydroxylation is 1. The van der Waals surface area contributed by atoms with Gasteiger partial charge >= 0.3 is 0 Å². The van der Waals surface area contributed by atoms with E-state index in [1.165, 1.54) is 22.3 Å². The number of nitrogens with zero attached hydrogens (tertiary/aromatic N) is 3. The number of anilines is 1. The minimum atomic E-state index is -0.516. The summed E-state index contributed by atoms with van der Waals surface area (Å²) in [5, 5.41) is 14.0. The highest BCUT2D eigenvalue weighted by Gasteiger charge is 2.25. The molecule has 3 aromatic carbocycles. The van der Waals surface area contributed by atoms with E-state index in [0.717, 1.165) is 54.4 Å². The molecule has 0 aliphatic heterocycles. The molecule has 5 rings (SSSR count). The van der Waals surface area contributed by atoms with Crippen molar-refractivity contribution in [2.45, 2.75) is 38.9 Å². The lowest BCUT2D eigenvalue weighted by molar-refractivity contribution is 0.0137. The van der Waals surface area contributed by atoms with Crippen molar-refractivity contribution >= 4 is 5.82 Å². The molecule has 6 heteroatoms. The van der Waals surface area contributed by atoms with Crippen LogP contribution in [0, 0.1) is 6.92 Å². The molecule has 0 saturated carbocycles. The van der Waals surface area contributed by atoms with Gasteiger partial charge in [-0.3, -0.25) is 0 Å². The third-order valence-electron chi connectivity index (χ3n) is 7.08. The molecule has 0 saturated heterocycles. The highest BCUT2D eigenvalue weighted by molar-refractivity contribution is 5.84. The Labute approximate surface area is 231 Å². The number of aliphatic hydroxyl groups is 1. The van der Waals surface area contributed by atoms with Crippen molar-refractivity contribution < 1.29 is 9.84 Å². The van der Waals surface area contributed by atoms with Crippen LogP contribution in [0.2, 0.25) is 0 Å². The van der Waals surface area contributed by atoms with Crippen molar-refractivity contribution in [1.82, 2.24) is 14.9 Å². The van der Waals surface area contributed by atoms with Crippen LogP contribution in [0.25, 0.3) is 11.1 Å². The molecule has 1 heterocycles. The second kappa shape index (κ2) is 13.0. The Morgan fingerprint density at radius 2 is 1.72 bits per heavy atom. The number of benzene rings is 3. The third kappa shape index (κ3) is 7.30. The SMILES string of the molecule is Cc1ccc2c(c1)Cc1nc(Cc3ccccc3)nc(NCCCN(C)CC(O)COCc3ccccc3)c1-2. The number of hydrogen-bond donors (Lipinski definition) is 2. The summed E-state index contributed by atoms with van der Waals surface area (Å²) in [6, 6.07) is 27.1. The van der Waals surface area contributed by atoms with Gasteiger partial charge in [0.25, 0.3) is 0 Å². The normalized spacial score (nSPS) is 12.8. The number of rotatable bonds is 13. The first-order chi connectivity index (χ1) is 19.0. The number of ether oxygens (including phenoxy) is 1. The molecule has 1 aromatic heterocycles. The zero-order chi connectivity index (χ0) is 27.0. The monoisotopic (exact) mass is 522 g/mol. The molecule has 6 nitrogen and oxygen atoms in total. The van der Waals surface area contributed by atoms with E-state index >= 15 is 0 Å². The smallest absolute Gasteiger partial charge is 0.137 e. The van der Waals surface area contributed by atoms with Gasteiger partial charge < -0.3 is 20.1 Å². The fourth-order valence-corrected chi connectivity index (χ4v) is 5.19. The molecule has 2 N–H and O–H groups in total. The van der Waals surface area contributed by atoms with E-state index < -0.39 is 6.10 Å². The van der Waals surface area contributed by atoms with Crippen LogP contribution in [0.15, 0.2) is 78.9 Å². The summed E-state index contributed by atoms with van der Waals surface area (Å²) < 4.78 is 5.70. The number of aromatic nitrogens is 2. The van der Waals surface area contributed by atoms with Gasteiger partial charge in [-0.2, -0.15) is 0 Å². The molecule has 0 spiro atoms. The molecule has 1 aliphatic rings. The van der Waals surface area contributed by atoms with Crippen LogP contribution >= 0.6 is 0 Å². The number of nitrogens with one attached hydrogen (secondary N) is 1. The molecule has 4 aromatic rings. The highest BCUT2D eigenvalue weighted by atomic mass is 16.5. The lowest BCUT2D eigenvalue weighted by atomic mass is 10.0. The number of hydrogen-bond acceptors (Lipinski definition) is 6. The van der Waals surface area contributed by atoms with Crippen LogP contribution in [0.4, 0.5) is 5.82 Å². The average molecular weight is 523 g/mol. The van der Waals surface area contributed by atoms with Crippen LogP contribution in [-0.4, -0.2) is 59.4 Å². The molecule has 1 aliphatic carbocycles. The summed E-state index contributed by atoms with van der Waals surface area (Å²) >= 11 is 0. The van der Waals surface area contributed by atoms with Crippen LogP contribution in [0.1, 0.15) is 40.2 Å². The zero-order valence-electron chi connectivity index (χ0n) is 22.9. The number of aliphatic hydroxyl groups excluding tert-OH is 1. The Morgan fingerprint density at radius 3 is 2.49 bits per heavy atom. The second-order valence-electron chi connectivity index (χ2n) is 10.5. The van der Waals surface area contributed by atoms with Crippen molar-refractivity contribution in [3.8, 4) is 11.1 Å². The standard InChI is InChI=1S/C33H38N4O2/c1-24-14-15-29-27(18-24)20-30-32(29)33(36-31(35-30)19-25-10-5-3-6-11-25)34-16-9-17-37(2)21-28(38)23-39-22-26-12-7-4-8-13-26/h3-8,10-15,18,28,38H,9,16-17,19-23H2,1-2H3,(H,34,35,36). The number of fused-ring (bicyclic) bond motifs is 3. The summed E-state index contributed by atoms with van der Waals surface area (Å²) in [5.74, 6) is 1.77. The van der Waals surface area contributed by atoms with Gasteiger partial charge in [-0.25, -0.2) is 9.97 Å². The molecule has 1 atom stereocenters. The summed E-state index contributed by atoms with van der Waals surface area (Å²) in [7, 11) is 2.04. The highest BCUT2D eigenvalue weighted by Crippen LogP contribution is 2.40. The Kier molecular flexibility index (Phi) is 8.99. The molecule has 39 heavy (non-hydrogen) atoms. The van der Waals surface area contributed by atoms with Gasteiger partial charge in [-0.15, -0.1) is 0 Å². The maximum Gasteiger partial charge on any atom is 0.137 e. The van der Waals surface area contributed by atoms with E-state index in [-0.39, 0.29) is 0 Å². The largest absolute Gasteiger partial charge is 0.389 e. The second-order valence-corrected chi connectivity index (χ2v) is 10.5. The van der Waals surface area contributed by atoms with Gasteiger partial charge in [0.2, 0.25) is 0 Å². The van der Waals surface area contributed by atoms with E-state index in [0.29, 0.717) is 26.2 Å². The van der Waals surface area contributed by atoms with Crippen LogP contribution in [0.3, 0.4) is 0 Å². The maximum atomic E-state index is 10.4. The lowest BCUT2D eigenvalue weighted by Crippen LogP contribution is -2.33. The van der Waals surface area contributed by atoms with Crippen molar-refractivity contribution in [2.75, 3.05) is 38.6 Å². The van der Waals surface area contributed by atoms with Crippen molar-refractivity contribution in [1.29, 1.82) is 0 Å². The quantitative estimate of drug-likeness (QED) is 0.206. The molecular formula is C33H38N4O2. The zero-order valence-corrected chi connectivity index (χ0v) is 22.9. The topological polar surface area (TPSA) is 70.5 Å². The Balaban J connectivity index is 1.16. The van der Waals surface area contributed by atoms with Gasteiger partial charge in [0.05, 0.1) is 25.0 Å². The Morgan fingerprint density at radius 1 is 0.974 bits per heavy atom. The number of likely N-dealkylation sites (N-methyl/N-ethyl adjacent to an activating group) is 1. The van der Waals surface area contributed by atoms with E-state index in [1.54, 1.807) is 0 Å². The van der Waals surface area contributed by atoms with Gasteiger partial charge in [0, 0.05) is 31.5 Å². The fourth-order valence-electron chi connectivity index (χ4n) is 5.19. The fraction of sp³-hybridized carbons (Fsp3) is 0.333. The van der Waals surface area contributed by atoms with E-state index in [2.05, 4.69) is 59.6 Å². The van der Waals surface area contributed by atoms with E-state index in [9.17, 15) is 5.11 Å². The molecular weight excluding hydrogens is 484 g/mol. The minimum Gasteiger partial charge on any atom is -0.389 e. The van der Waals surface area contributed by atoms with E-state index in [1.807, 2.05) is 43.4 Å². The molecule has 0 fully saturated rings. The van der Waals surface area contributed by atoms with E-state index in [4.69, 9.17) is 14.7 Å². The van der Waals surface area contributed by atoms with Crippen molar-refractivity contribution in [3.63, 3.8) is 0 Å². The molecule has 1 unspecified atom stereocenters. The third-order valence-corrected chi connectivity index (χ3v) is 7.08. The predicted octanol–water partition coefficient (Wildman–Crippen LogP) is 5.26. The van der Waals surface area contributed by atoms with Crippen molar-refractivity contribution in [2.24, 2.45) is 0 Å². The van der Waals surface area contributed by atoms with Gasteiger partial charge in [-0.05, 0) is 49.2 Å². The van der Waals surface area contributed by atoms with Crippen LogP contribution in [0.5, 0.6) is 0 Å². The average Bonchev–Trinajstić information content (AvgIpc) is 3.29. The first kappa shape index (κ1) is 27.0. The summed E-state index contributed by atoms with van der Waals surface area (Å²) in [4.78, 5) is 12.1. The predicted molar refractivity (Wildman–Crippen MR) is 157 cm³/mol. The maximum absolute atomic E-state index is 10.4.